The van der Waals surface area contributed by atoms with Gasteiger partial charge in [-0.3, -0.25) is 19.3 Å². The first kappa shape index (κ1) is 23.9. The number of aryl methyl sites for hydroxylation is 1. The average Bonchev–Trinajstić information content (AvgIpc) is 3.25. The summed E-state index contributed by atoms with van der Waals surface area (Å²) < 4.78 is 5.35. The average molecular weight is 465 g/mol. The van der Waals surface area contributed by atoms with Crippen molar-refractivity contribution in [3.8, 4) is 0 Å². The fraction of sp³-hybridized carbons (Fsp3) is 0.423. The zero-order valence-corrected chi connectivity index (χ0v) is 19.6. The molecule has 2 heterocycles. The number of hydrogen-bond donors (Lipinski definition) is 2. The van der Waals surface area contributed by atoms with Crippen LogP contribution in [-0.2, 0) is 14.3 Å². The van der Waals surface area contributed by atoms with Crippen LogP contribution in [0.1, 0.15) is 28.8 Å². The molecule has 2 aliphatic rings. The molecule has 8 heteroatoms. The van der Waals surface area contributed by atoms with Crippen LogP contribution in [0.4, 0.5) is 11.4 Å². The van der Waals surface area contributed by atoms with E-state index in [4.69, 9.17) is 4.74 Å². The summed E-state index contributed by atoms with van der Waals surface area (Å²) in [7, 11) is 0. The van der Waals surface area contributed by atoms with Gasteiger partial charge in [0.15, 0.2) is 0 Å². The summed E-state index contributed by atoms with van der Waals surface area (Å²) in [5.41, 5.74) is 2.78. The number of rotatable bonds is 8. The lowest BCUT2D eigenvalue weighted by Gasteiger charge is -2.26. The molecule has 0 aliphatic carbocycles. The number of anilines is 2. The van der Waals surface area contributed by atoms with Crippen LogP contribution in [0.3, 0.4) is 0 Å². The standard InChI is InChI=1S/C26H32N4O4/c1-19-7-9-21(10-8-19)30-18-20(17-24(30)31)25(32)28-23-6-3-2-5-22(23)26(33)27-11-4-12-29-13-15-34-16-14-29/h2-3,5-10,20H,4,11-18H2,1H3,(H,27,33)(H,28,32)/t20-/m0/s1. The third-order valence-corrected chi connectivity index (χ3v) is 6.31. The zero-order chi connectivity index (χ0) is 23.9. The van der Waals surface area contributed by atoms with E-state index >= 15 is 0 Å². The van der Waals surface area contributed by atoms with Crippen LogP contribution in [0.2, 0.25) is 0 Å². The summed E-state index contributed by atoms with van der Waals surface area (Å²) in [6.07, 6.45) is 0.995. The molecule has 2 aliphatic heterocycles. The van der Waals surface area contributed by atoms with Crippen LogP contribution in [-0.4, -0.2) is 68.6 Å². The van der Waals surface area contributed by atoms with Crippen LogP contribution >= 0.6 is 0 Å². The topological polar surface area (TPSA) is 91.0 Å². The Balaban J connectivity index is 1.31. The summed E-state index contributed by atoms with van der Waals surface area (Å²) in [6, 6.07) is 14.7. The number of nitrogens with zero attached hydrogens (tertiary/aromatic N) is 2. The van der Waals surface area contributed by atoms with E-state index in [0.717, 1.165) is 50.5 Å². The maximum absolute atomic E-state index is 13.0. The lowest BCUT2D eigenvalue weighted by molar-refractivity contribution is -0.122. The molecule has 0 bridgehead atoms. The predicted octanol–water partition coefficient (Wildman–Crippen LogP) is 2.44. The van der Waals surface area contributed by atoms with Crippen LogP contribution in [0.15, 0.2) is 48.5 Å². The Morgan fingerprint density at radius 3 is 2.56 bits per heavy atom. The second-order valence-corrected chi connectivity index (χ2v) is 8.84. The highest BCUT2D eigenvalue weighted by molar-refractivity contribution is 6.07. The van der Waals surface area contributed by atoms with Gasteiger partial charge in [0.05, 0.1) is 30.4 Å². The minimum atomic E-state index is -0.474. The largest absolute Gasteiger partial charge is 0.379 e. The summed E-state index contributed by atoms with van der Waals surface area (Å²) in [5, 5.41) is 5.83. The smallest absolute Gasteiger partial charge is 0.253 e. The van der Waals surface area contributed by atoms with Crippen molar-refractivity contribution in [3.63, 3.8) is 0 Å². The van der Waals surface area contributed by atoms with Crippen molar-refractivity contribution in [1.82, 2.24) is 10.2 Å². The molecular weight excluding hydrogens is 432 g/mol. The number of nitrogens with one attached hydrogen (secondary N) is 2. The van der Waals surface area contributed by atoms with Crippen LogP contribution in [0.5, 0.6) is 0 Å². The Morgan fingerprint density at radius 1 is 1.06 bits per heavy atom. The molecule has 0 spiro atoms. The number of amides is 3. The normalized spacial score (nSPS) is 18.7. The number of ether oxygens (including phenoxy) is 1. The van der Waals surface area contributed by atoms with Gasteiger partial charge in [-0.15, -0.1) is 0 Å². The van der Waals surface area contributed by atoms with Gasteiger partial charge in [0.2, 0.25) is 11.8 Å². The van der Waals surface area contributed by atoms with Gasteiger partial charge < -0.3 is 20.3 Å². The molecule has 3 amide bonds. The Morgan fingerprint density at radius 2 is 1.79 bits per heavy atom. The third kappa shape index (κ3) is 6.01. The highest BCUT2D eigenvalue weighted by atomic mass is 16.5. The van der Waals surface area contributed by atoms with Gasteiger partial charge in [0.25, 0.3) is 5.91 Å². The lowest BCUT2D eigenvalue weighted by Crippen LogP contribution is -2.38. The molecule has 0 radical (unpaired) electrons. The third-order valence-electron chi connectivity index (χ3n) is 6.31. The quantitative estimate of drug-likeness (QED) is 0.586. The van der Waals surface area contributed by atoms with E-state index in [0.29, 0.717) is 24.3 Å². The van der Waals surface area contributed by atoms with Gasteiger partial charge in [-0.05, 0) is 44.2 Å². The molecule has 2 saturated heterocycles. The van der Waals surface area contributed by atoms with Crippen LogP contribution in [0.25, 0.3) is 0 Å². The van der Waals surface area contributed by atoms with Crippen LogP contribution < -0.4 is 15.5 Å². The number of para-hydroxylation sites is 1. The van der Waals surface area contributed by atoms with Crippen molar-refractivity contribution >= 4 is 29.1 Å². The molecule has 0 saturated carbocycles. The monoisotopic (exact) mass is 464 g/mol. The number of benzene rings is 2. The van der Waals surface area contributed by atoms with Crippen molar-refractivity contribution < 1.29 is 19.1 Å². The molecular formula is C26H32N4O4. The molecule has 2 aromatic carbocycles. The molecule has 2 fully saturated rings. The number of morpholine rings is 1. The highest BCUT2D eigenvalue weighted by Gasteiger charge is 2.35. The molecule has 2 N–H and O–H groups in total. The Labute approximate surface area is 200 Å². The maximum atomic E-state index is 13.0. The van der Waals surface area contributed by atoms with Crippen molar-refractivity contribution in [2.75, 3.05) is 56.2 Å². The van der Waals surface area contributed by atoms with Crippen molar-refractivity contribution in [2.45, 2.75) is 19.8 Å². The molecule has 34 heavy (non-hydrogen) atoms. The van der Waals surface area contributed by atoms with Gasteiger partial charge in [-0.1, -0.05) is 29.8 Å². The Bertz CT molecular complexity index is 1020. The fourth-order valence-corrected chi connectivity index (χ4v) is 4.31. The van der Waals surface area contributed by atoms with E-state index in [2.05, 4.69) is 15.5 Å². The SMILES string of the molecule is Cc1ccc(N2C[C@@H](C(=O)Nc3ccccc3C(=O)NCCCN3CCOCC3)CC2=O)cc1. The van der Waals surface area contributed by atoms with Gasteiger partial charge in [0.1, 0.15) is 0 Å². The minimum absolute atomic E-state index is 0.0738. The van der Waals surface area contributed by atoms with E-state index in [1.165, 1.54) is 0 Å². The Kier molecular flexibility index (Phi) is 7.92. The first-order chi connectivity index (χ1) is 16.5. The molecule has 0 aromatic heterocycles. The number of carbonyl (C=O) groups is 3. The minimum Gasteiger partial charge on any atom is -0.379 e. The first-order valence-electron chi connectivity index (χ1n) is 11.9. The van der Waals surface area contributed by atoms with Crippen molar-refractivity contribution in [1.29, 1.82) is 0 Å². The second-order valence-electron chi connectivity index (χ2n) is 8.84. The van der Waals surface area contributed by atoms with E-state index in [9.17, 15) is 14.4 Å². The van der Waals surface area contributed by atoms with E-state index in [1.807, 2.05) is 31.2 Å². The highest BCUT2D eigenvalue weighted by Crippen LogP contribution is 2.27. The summed E-state index contributed by atoms with van der Waals surface area (Å²) in [6.45, 7) is 7.15. The Hall–Kier alpha value is -3.23. The lowest BCUT2D eigenvalue weighted by atomic mass is 10.1. The molecule has 1 atom stereocenters. The van der Waals surface area contributed by atoms with Gasteiger partial charge in [-0.25, -0.2) is 0 Å². The second kappa shape index (κ2) is 11.3. The number of hydrogen-bond acceptors (Lipinski definition) is 5. The fourth-order valence-electron chi connectivity index (χ4n) is 4.31. The van der Waals surface area contributed by atoms with Crippen LogP contribution in [0, 0.1) is 12.8 Å². The molecule has 2 aromatic rings. The molecule has 4 rings (SSSR count). The van der Waals surface area contributed by atoms with E-state index in [1.54, 1.807) is 29.2 Å². The summed E-state index contributed by atoms with van der Waals surface area (Å²) in [4.78, 5) is 42.3. The van der Waals surface area contributed by atoms with E-state index < -0.39 is 5.92 Å². The summed E-state index contributed by atoms with van der Waals surface area (Å²) in [5.74, 6) is -1.02. The maximum Gasteiger partial charge on any atom is 0.253 e. The molecule has 8 nitrogen and oxygen atoms in total. The van der Waals surface area contributed by atoms with Crippen molar-refractivity contribution in [3.05, 3.63) is 59.7 Å². The van der Waals surface area contributed by atoms with Crippen molar-refractivity contribution in [2.24, 2.45) is 5.92 Å². The molecule has 0 unspecified atom stereocenters. The van der Waals surface area contributed by atoms with E-state index in [-0.39, 0.29) is 24.1 Å². The van der Waals surface area contributed by atoms with Gasteiger partial charge in [0, 0.05) is 38.3 Å². The first-order valence-corrected chi connectivity index (χ1v) is 11.9. The predicted molar refractivity (Wildman–Crippen MR) is 131 cm³/mol. The zero-order valence-electron chi connectivity index (χ0n) is 19.6. The summed E-state index contributed by atoms with van der Waals surface area (Å²) >= 11 is 0. The molecule has 180 valence electrons. The van der Waals surface area contributed by atoms with Gasteiger partial charge >= 0.3 is 0 Å². The number of carbonyl (C=O) groups excluding carboxylic acids is 3. The van der Waals surface area contributed by atoms with Gasteiger partial charge in [-0.2, -0.15) is 0 Å².